The Morgan fingerprint density at radius 1 is 1.37 bits per heavy atom. The highest BCUT2D eigenvalue weighted by Gasteiger charge is 2.59. The normalized spacial score (nSPS) is 26.7. The van der Waals surface area contributed by atoms with Crippen molar-refractivity contribution >= 4 is 27.4 Å². The number of benzene rings is 1. The Labute approximate surface area is 117 Å². The van der Waals surface area contributed by atoms with Crippen LogP contribution in [0.3, 0.4) is 0 Å². The van der Waals surface area contributed by atoms with Crippen LogP contribution in [0, 0.1) is 5.92 Å². The largest absolute Gasteiger partial charge is 0.480 e. The smallest absolute Gasteiger partial charge is 0.325 e. The van der Waals surface area contributed by atoms with Crippen LogP contribution in [0.1, 0.15) is 26.2 Å². The van der Waals surface area contributed by atoms with Gasteiger partial charge in [0.25, 0.3) is 0 Å². The molecular weight excluding hydrogens is 288 g/mol. The lowest BCUT2D eigenvalue weighted by molar-refractivity contribution is -0.144. The third kappa shape index (κ3) is 2.15. The van der Waals surface area contributed by atoms with E-state index in [1.807, 2.05) is 6.92 Å². The van der Waals surface area contributed by atoms with Gasteiger partial charge in [-0.25, -0.2) is 8.42 Å². The van der Waals surface area contributed by atoms with E-state index in [4.69, 9.17) is 11.6 Å². The predicted molar refractivity (Wildman–Crippen MR) is 72.0 cm³/mol. The van der Waals surface area contributed by atoms with Crippen molar-refractivity contribution in [2.75, 3.05) is 0 Å². The molecule has 0 unspecified atom stereocenters. The van der Waals surface area contributed by atoms with Crippen molar-refractivity contribution in [3.8, 4) is 0 Å². The number of carboxylic acid groups (broad SMARTS) is 1. The van der Waals surface area contributed by atoms with E-state index in [1.165, 1.54) is 24.3 Å². The zero-order valence-electron chi connectivity index (χ0n) is 10.5. The Morgan fingerprint density at radius 3 is 2.32 bits per heavy atom. The average molecular weight is 303 g/mol. The number of carbonyl (C=O) groups is 1. The summed E-state index contributed by atoms with van der Waals surface area (Å²) in [6.07, 6.45) is 1.17. The first kappa shape index (κ1) is 14.3. The van der Waals surface area contributed by atoms with Crippen molar-refractivity contribution in [2.24, 2.45) is 5.92 Å². The molecule has 0 heterocycles. The van der Waals surface area contributed by atoms with Crippen LogP contribution in [0.25, 0.3) is 0 Å². The zero-order valence-corrected chi connectivity index (χ0v) is 12.0. The van der Waals surface area contributed by atoms with Crippen molar-refractivity contribution in [3.63, 3.8) is 0 Å². The van der Waals surface area contributed by atoms with Crippen LogP contribution < -0.4 is 0 Å². The molecule has 6 heteroatoms. The molecule has 1 aromatic rings. The molecule has 2 rings (SSSR count). The molecule has 1 saturated carbocycles. The van der Waals surface area contributed by atoms with Gasteiger partial charge in [0.05, 0.1) is 4.90 Å². The van der Waals surface area contributed by atoms with Crippen molar-refractivity contribution in [2.45, 2.75) is 35.8 Å². The highest BCUT2D eigenvalue weighted by molar-refractivity contribution is 7.93. The van der Waals surface area contributed by atoms with E-state index in [-0.39, 0.29) is 23.7 Å². The minimum atomic E-state index is -3.88. The van der Waals surface area contributed by atoms with Crippen molar-refractivity contribution in [1.82, 2.24) is 0 Å². The van der Waals surface area contributed by atoms with Crippen LogP contribution in [0.4, 0.5) is 0 Å². The second kappa shape index (κ2) is 4.80. The van der Waals surface area contributed by atoms with Crippen molar-refractivity contribution in [3.05, 3.63) is 29.3 Å². The maximum atomic E-state index is 12.5. The number of halogens is 1. The maximum absolute atomic E-state index is 12.5. The molecule has 1 aliphatic carbocycles. The summed E-state index contributed by atoms with van der Waals surface area (Å²) in [5.41, 5.74) is 0. The van der Waals surface area contributed by atoms with Gasteiger partial charge in [-0.05, 0) is 43.0 Å². The topological polar surface area (TPSA) is 71.4 Å². The summed E-state index contributed by atoms with van der Waals surface area (Å²) in [6.45, 7) is 1.94. The Kier molecular flexibility index (Phi) is 3.62. The lowest BCUT2D eigenvalue weighted by atomic mass is 9.73. The van der Waals surface area contributed by atoms with Crippen LogP contribution in [-0.4, -0.2) is 24.2 Å². The fourth-order valence-electron chi connectivity index (χ4n) is 2.51. The first-order valence-electron chi connectivity index (χ1n) is 6.07. The van der Waals surface area contributed by atoms with E-state index in [9.17, 15) is 18.3 Å². The summed E-state index contributed by atoms with van der Waals surface area (Å²) in [6, 6.07) is 5.64. The number of rotatable bonds is 4. The molecule has 1 fully saturated rings. The van der Waals surface area contributed by atoms with Crippen molar-refractivity contribution < 1.29 is 18.3 Å². The van der Waals surface area contributed by atoms with E-state index in [2.05, 4.69) is 0 Å². The quantitative estimate of drug-likeness (QED) is 0.928. The molecule has 0 amide bonds. The van der Waals surface area contributed by atoms with Gasteiger partial charge in [0.1, 0.15) is 0 Å². The van der Waals surface area contributed by atoms with Gasteiger partial charge in [0.2, 0.25) is 0 Å². The molecule has 0 aliphatic heterocycles. The average Bonchev–Trinajstić information content (AvgIpc) is 2.27. The molecule has 0 saturated heterocycles. The van der Waals surface area contributed by atoms with Gasteiger partial charge in [-0.3, -0.25) is 4.79 Å². The molecule has 0 spiro atoms. The lowest BCUT2D eigenvalue weighted by Gasteiger charge is -2.43. The van der Waals surface area contributed by atoms with Crippen LogP contribution in [0.5, 0.6) is 0 Å². The molecule has 19 heavy (non-hydrogen) atoms. The highest BCUT2D eigenvalue weighted by atomic mass is 35.5. The number of hydrogen-bond donors (Lipinski definition) is 1. The summed E-state index contributed by atoms with van der Waals surface area (Å²) in [7, 11) is -3.88. The monoisotopic (exact) mass is 302 g/mol. The Morgan fingerprint density at radius 2 is 1.89 bits per heavy atom. The zero-order chi connectivity index (χ0) is 14.3. The van der Waals surface area contributed by atoms with E-state index in [0.717, 1.165) is 6.42 Å². The van der Waals surface area contributed by atoms with E-state index in [1.54, 1.807) is 0 Å². The molecule has 1 aliphatic rings. The molecular formula is C13H15ClO4S. The SMILES string of the molecule is CCC1CC(C(=O)O)(S(=O)(=O)c2ccc(Cl)cc2)C1. The molecule has 0 aromatic heterocycles. The van der Waals surface area contributed by atoms with Gasteiger partial charge >= 0.3 is 5.97 Å². The predicted octanol–water partition coefficient (Wildman–Crippen LogP) is 2.76. The van der Waals surface area contributed by atoms with Gasteiger partial charge < -0.3 is 5.11 Å². The summed E-state index contributed by atoms with van der Waals surface area (Å²) in [4.78, 5) is 11.5. The summed E-state index contributed by atoms with van der Waals surface area (Å²) in [5.74, 6) is -1.09. The van der Waals surface area contributed by atoms with Crippen LogP contribution in [-0.2, 0) is 14.6 Å². The fourth-order valence-corrected chi connectivity index (χ4v) is 4.72. The Balaban J connectivity index is 2.43. The minimum Gasteiger partial charge on any atom is -0.480 e. The third-order valence-corrected chi connectivity index (χ3v) is 6.52. The maximum Gasteiger partial charge on any atom is 0.325 e. The lowest BCUT2D eigenvalue weighted by Crippen LogP contribution is -2.56. The van der Waals surface area contributed by atoms with Gasteiger partial charge in [-0.15, -0.1) is 0 Å². The van der Waals surface area contributed by atoms with Gasteiger partial charge in [-0.1, -0.05) is 24.9 Å². The van der Waals surface area contributed by atoms with Crippen LogP contribution in [0.15, 0.2) is 29.2 Å². The molecule has 0 atom stereocenters. The molecule has 4 nitrogen and oxygen atoms in total. The number of hydrogen-bond acceptors (Lipinski definition) is 3. The second-order valence-corrected chi connectivity index (χ2v) is 7.64. The molecule has 0 bridgehead atoms. The van der Waals surface area contributed by atoms with E-state index in [0.29, 0.717) is 5.02 Å². The minimum absolute atomic E-state index is 0.0221. The van der Waals surface area contributed by atoms with E-state index < -0.39 is 20.6 Å². The third-order valence-electron chi connectivity index (χ3n) is 3.84. The van der Waals surface area contributed by atoms with Gasteiger partial charge in [0.15, 0.2) is 14.6 Å². The molecule has 1 N–H and O–H groups in total. The fraction of sp³-hybridized carbons (Fsp3) is 0.462. The second-order valence-electron chi connectivity index (χ2n) is 4.94. The first-order valence-corrected chi connectivity index (χ1v) is 7.93. The number of sulfone groups is 1. The van der Waals surface area contributed by atoms with E-state index >= 15 is 0 Å². The molecule has 0 radical (unpaired) electrons. The number of aliphatic carboxylic acids is 1. The Hall–Kier alpha value is -1.07. The molecule has 1 aromatic carbocycles. The van der Waals surface area contributed by atoms with Crippen LogP contribution >= 0.6 is 11.6 Å². The van der Waals surface area contributed by atoms with Crippen molar-refractivity contribution in [1.29, 1.82) is 0 Å². The highest BCUT2D eigenvalue weighted by Crippen LogP contribution is 2.48. The summed E-state index contributed by atoms with van der Waals surface area (Å²) < 4.78 is 23.4. The summed E-state index contributed by atoms with van der Waals surface area (Å²) in [5, 5.41) is 9.76. The standard InChI is InChI=1S/C13H15ClO4S/c1-2-9-7-13(8-9,12(15)16)19(17,18)11-5-3-10(14)4-6-11/h3-6,9H,2,7-8H2,1H3,(H,15,16). The summed E-state index contributed by atoms with van der Waals surface area (Å²) >= 11 is 5.72. The van der Waals surface area contributed by atoms with Gasteiger partial charge in [0, 0.05) is 5.02 Å². The Bertz CT molecular complexity index is 586. The van der Waals surface area contributed by atoms with Crippen LogP contribution in [0.2, 0.25) is 5.02 Å². The van der Waals surface area contributed by atoms with Gasteiger partial charge in [-0.2, -0.15) is 0 Å². The molecule has 104 valence electrons. The number of carboxylic acids is 1. The first-order chi connectivity index (χ1) is 8.83.